The molecule has 1 aliphatic heterocycles. The third-order valence-electron chi connectivity index (χ3n) is 6.76. The smallest absolute Gasteiger partial charge is 0.254 e. The zero-order valence-corrected chi connectivity index (χ0v) is 15.9. The molecule has 3 fully saturated rings. The summed E-state index contributed by atoms with van der Waals surface area (Å²) in [6.07, 6.45) is 11.1. The Hall–Kier alpha value is -1.85. The first-order chi connectivity index (χ1) is 12.5. The summed E-state index contributed by atoms with van der Waals surface area (Å²) >= 11 is 0. The third kappa shape index (κ3) is 2.93. The fourth-order valence-electron chi connectivity index (χ4n) is 5.05. The van der Waals surface area contributed by atoms with Crippen LogP contribution in [0.5, 0.6) is 0 Å². The minimum absolute atomic E-state index is 0.0261. The second kappa shape index (κ2) is 6.71. The lowest BCUT2D eigenvalue weighted by Crippen LogP contribution is -2.47. The molecule has 2 unspecified atom stereocenters. The Labute approximate surface area is 155 Å². The molecule has 26 heavy (non-hydrogen) atoms. The highest BCUT2D eigenvalue weighted by atomic mass is 16.2. The van der Waals surface area contributed by atoms with Crippen molar-refractivity contribution >= 4 is 11.8 Å². The lowest BCUT2D eigenvalue weighted by Gasteiger charge is -2.31. The first-order valence-corrected chi connectivity index (χ1v) is 10.2. The number of nitrogens with one attached hydrogen (secondary N) is 1. The van der Waals surface area contributed by atoms with Gasteiger partial charge in [-0.25, -0.2) is 0 Å². The number of likely N-dealkylation sites (tertiary alicyclic amines) is 1. The normalized spacial score (nSPS) is 33.0. The van der Waals surface area contributed by atoms with Crippen molar-refractivity contribution in [2.24, 2.45) is 11.3 Å². The maximum Gasteiger partial charge on any atom is 0.254 e. The van der Waals surface area contributed by atoms with E-state index in [0.717, 1.165) is 38.8 Å². The fourth-order valence-corrected chi connectivity index (χ4v) is 5.05. The minimum atomic E-state index is -0.0846. The van der Waals surface area contributed by atoms with E-state index < -0.39 is 0 Å². The van der Waals surface area contributed by atoms with Gasteiger partial charge in [-0.3, -0.25) is 14.3 Å². The maximum absolute atomic E-state index is 13.2. The van der Waals surface area contributed by atoms with Crippen molar-refractivity contribution in [1.82, 2.24) is 20.0 Å². The molecule has 0 radical (unpaired) electrons. The number of rotatable bonds is 5. The second-order valence-corrected chi connectivity index (χ2v) is 8.40. The van der Waals surface area contributed by atoms with E-state index in [4.69, 9.17) is 0 Å². The summed E-state index contributed by atoms with van der Waals surface area (Å²) in [7, 11) is 0. The number of aryl methyl sites for hydroxylation is 1. The topological polar surface area (TPSA) is 67.2 Å². The van der Waals surface area contributed by atoms with Crippen LogP contribution in [0.25, 0.3) is 0 Å². The van der Waals surface area contributed by atoms with E-state index in [2.05, 4.69) is 24.3 Å². The molecule has 1 N–H and O–H groups in total. The van der Waals surface area contributed by atoms with Gasteiger partial charge in [0.05, 0.1) is 23.2 Å². The molecule has 6 heteroatoms. The molecule has 2 saturated carbocycles. The molecule has 2 amide bonds. The van der Waals surface area contributed by atoms with Crippen molar-refractivity contribution in [2.75, 3.05) is 6.54 Å². The van der Waals surface area contributed by atoms with Gasteiger partial charge in [-0.05, 0) is 44.9 Å². The average Bonchev–Trinajstić information content (AvgIpc) is 3.04. The maximum atomic E-state index is 13.2. The number of aromatic nitrogens is 2. The Morgan fingerprint density at radius 2 is 2.19 bits per heavy atom. The second-order valence-electron chi connectivity index (χ2n) is 8.40. The van der Waals surface area contributed by atoms with E-state index in [1.165, 1.54) is 19.3 Å². The molecule has 2 aliphatic carbocycles. The predicted octanol–water partition coefficient (Wildman–Crippen LogP) is 2.59. The number of hydrogen-bond acceptors (Lipinski definition) is 3. The van der Waals surface area contributed by atoms with Crippen molar-refractivity contribution in [3.05, 3.63) is 18.0 Å². The summed E-state index contributed by atoms with van der Waals surface area (Å²) in [5, 5.41) is 7.36. The molecule has 3 aliphatic rings. The zero-order chi connectivity index (χ0) is 18.3. The van der Waals surface area contributed by atoms with Gasteiger partial charge in [-0.1, -0.05) is 19.8 Å². The summed E-state index contributed by atoms with van der Waals surface area (Å²) in [5.41, 5.74) is 0.552. The van der Waals surface area contributed by atoms with Crippen molar-refractivity contribution in [3.63, 3.8) is 0 Å². The summed E-state index contributed by atoms with van der Waals surface area (Å²) in [4.78, 5) is 27.7. The monoisotopic (exact) mass is 358 g/mol. The van der Waals surface area contributed by atoms with Crippen LogP contribution < -0.4 is 5.32 Å². The lowest BCUT2D eigenvalue weighted by atomic mass is 9.87. The molecule has 0 spiro atoms. The van der Waals surface area contributed by atoms with Crippen molar-refractivity contribution < 1.29 is 9.59 Å². The van der Waals surface area contributed by atoms with Crippen LogP contribution in [0.15, 0.2) is 12.4 Å². The van der Waals surface area contributed by atoms with E-state index in [1.54, 1.807) is 17.1 Å². The number of hydrogen-bond donors (Lipinski definition) is 1. The molecule has 1 aromatic rings. The molecule has 4 atom stereocenters. The lowest BCUT2D eigenvalue weighted by molar-refractivity contribution is -0.139. The Morgan fingerprint density at radius 3 is 2.96 bits per heavy atom. The number of nitrogens with zero attached hydrogens (tertiary/aromatic N) is 3. The molecular weight excluding hydrogens is 328 g/mol. The SMILES string of the molecule is CCCn1cc(C(=O)N[C@@H]2CCN(C(=O)C34CCCCC3C4)[C@@H]2C)cn1. The summed E-state index contributed by atoms with van der Waals surface area (Å²) in [6, 6.07) is 0.0906. The van der Waals surface area contributed by atoms with Crippen LogP contribution in [0, 0.1) is 11.3 Å². The van der Waals surface area contributed by atoms with Crippen LogP contribution in [0.1, 0.15) is 69.2 Å². The van der Waals surface area contributed by atoms with Gasteiger partial charge in [0.25, 0.3) is 5.91 Å². The number of amides is 2. The number of carbonyl (C=O) groups excluding carboxylic acids is 2. The first-order valence-electron chi connectivity index (χ1n) is 10.2. The van der Waals surface area contributed by atoms with E-state index in [0.29, 0.717) is 17.4 Å². The molecule has 0 aromatic carbocycles. The minimum Gasteiger partial charge on any atom is -0.347 e. The van der Waals surface area contributed by atoms with Crippen LogP contribution in [-0.4, -0.2) is 45.1 Å². The van der Waals surface area contributed by atoms with Gasteiger partial charge in [-0.2, -0.15) is 5.10 Å². The van der Waals surface area contributed by atoms with Crippen molar-refractivity contribution in [1.29, 1.82) is 0 Å². The van der Waals surface area contributed by atoms with Crippen LogP contribution in [0.3, 0.4) is 0 Å². The molecule has 142 valence electrons. The standard InChI is InChI=1S/C20H30N4O2/c1-3-9-23-13-15(12-21-23)18(25)22-17-7-10-24(14(17)2)19(26)20-8-5-4-6-16(20)11-20/h12-14,16-17H,3-11H2,1-2H3,(H,22,25)/t14-,16?,17-,20?/m1/s1. The molecule has 1 aromatic heterocycles. The highest BCUT2D eigenvalue weighted by Crippen LogP contribution is 2.62. The number of carbonyl (C=O) groups is 2. The van der Waals surface area contributed by atoms with Crippen molar-refractivity contribution in [2.45, 2.75) is 77.4 Å². The van der Waals surface area contributed by atoms with Gasteiger partial charge in [-0.15, -0.1) is 0 Å². The molecule has 1 saturated heterocycles. The Balaban J connectivity index is 1.37. The molecule has 0 bridgehead atoms. The van der Waals surface area contributed by atoms with Gasteiger partial charge in [0.2, 0.25) is 5.91 Å². The molecule has 4 rings (SSSR count). The van der Waals surface area contributed by atoms with Crippen LogP contribution in [0.2, 0.25) is 0 Å². The van der Waals surface area contributed by atoms with E-state index in [9.17, 15) is 9.59 Å². The molecule has 2 heterocycles. The van der Waals surface area contributed by atoms with Gasteiger partial charge in [0.1, 0.15) is 0 Å². The molecular formula is C20H30N4O2. The Kier molecular flexibility index (Phi) is 4.53. The van der Waals surface area contributed by atoms with Gasteiger partial charge >= 0.3 is 0 Å². The number of fused-ring (bicyclic) bond motifs is 1. The van der Waals surface area contributed by atoms with E-state index in [-0.39, 0.29) is 23.4 Å². The zero-order valence-electron chi connectivity index (χ0n) is 15.9. The van der Waals surface area contributed by atoms with Crippen LogP contribution in [-0.2, 0) is 11.3 Å². The quantitative estimate of drug-likeness (QED) is 0.880. The first kappa shape index (κ1) is 17.6. The van der Waals surface area contributed by atoms with E-state index >= 15 is 0 Å². The Bertz CT molecular complexity index is 700. The highest BCUT2D eigenvalue weighted by molar-refractivity contribution is 5.94. The summed E-state index contributed by atoms with van der Waals surface area (Å²) < 4.78 is 1.80. The molecule has 6 nitrogen and oxygen atoms in total. The third-order valence-corrected chi connectivity index (χ3v) is 6.76. The Morgan fingerprint density at radius 1 is 1.35 bits per heavy atom. The average molecular weight is 358 g/mol. The van der Waals surface area contributed by atoms with Crippen LogP contribution in [0.4, 0.5) is 0 Å². The summed E-state index contributed by atoms with van der Waals surface area (Å²) in [5.74, 6) is 0.884. The fraction of sp³-hybridized carbons (Fsp3) is 0.750. The van der Waals surface area contributed by atoms with E-state index in [1.807, 2.05) is 4.90 Å². The van der Waals surface area contributed by atoms with Gasteiger partial charge in [0, 0.05) is 25.3 Å². The largest absolute Gasteiger partial charge is 0.347 e. The van der Waals surface area contributed by atoms with Gasteiger partial charge in [0.15, 0.2) is 0 Å². The highest BCUT2D eigenvalue weighted by Gasteiger charge is 2.62. The van der Waals surface area contributed by atoms with Crippen LogP contribution >= 0.6 is 0 Å². The van der Waals surface area contributed by atoms with Crippen molar-refractivity contribution in [3.8, 4) is 0 Å². The van der Waals surface area contributed by atoms with Gasteiger partial charge < -0.3 is 10.2 Å². The predicted molar refractivity (Wildman–Crippen MR) is 98.6 cm³/mol. The summed E-state index contributed by atoms with van der Waals surface area (Å²) in [6.45, 7) is 5.74.